The summed E-state index contributed by atoms with van der Waals surface area (Å²) in [6.45, 7) is 0.437. The third-order valence-corrected chi connectivity index (χ3v) is 3.35. The van der Waals surface area contributed by atoms with Crippen molar-refractivity contribution in [2.45, 2.75) is 6.54 Å². The molecule has 0 saturated heterocycles. The zero-order valence-corrected chi connectivity index (χ0v) is 11.8. The Labute approximate surface area is 126 Å². The molecule has 3 rings (SSSR count). The highest BCUT2D eigenvalue weighted by Gasteiger charge is 2.08. The summed E-state index contributed by atoms with van der Waals surface area (Å²) in [4.78, 5) is 4.32. The Bertz CT molecular complexity index is 743. The molecule has 0 aliphatic rings. The first kappa shape index (κ1) is 13.5. The molecule has 2 aromatic heterocycles. The first-order chi connectivity index (χ1) is 10.3. The smallest absolute Gasteiger partial charge is 0.176 e. The van der Waals surface area contributed by atoms with Gasteiger partial charge in [-0.2, -0.15) is 5.10 Å². The molecule has 0 unspecified atom stereocenters. The molecular weight excluding hydrogens is 288 g/mol. The van der Waals surface area contributed by atoms with Crippen LogP contribution in [0.15, 0.2) is 55.0 Å². The molecule has 0 aliphatic carbocycles. The summed E-state index contributed by atoms with van der Waals surface area (Å²) in [5.74, 6) is 0.792. The number of rotatable bonds is 4. The molecule has 0 bridgehead atoms. The summed E-state index contributed by atoms with van der Waals surface area (Å²) in [7, 11) is 0. The molecule has 2 N–H and O–H groups in total. The van der Waals surface area contributed by atoms with E-state index in [9.17, 15) is 5.11 Å². The van der Waals surface area contributed by atoms with Crippen molar-refractivity contribution in [3.63, 3.8) is 0 Å². The fourth-order valence-corrected chi connectivity index (χ4v) is 2.20. The number of phenols is 1. The first-order valence-corrected chi connectivity index (χ1v) is 6.79. The summed E-state index contributed by atoms with van der Waals surface area (Å²) in [5.41, 5.74) is 1.54. The molecule has 3 aromatic rings. The summed E-state index contributed by atoms with van der Waals surface area (Å²) < 4.78 is 1.68. The molecule has 0 fully saturated rings. The van der Waals surface area contributed by atoms with Crippen LogP contribution in [0.2, 0.25) is 5.02 Å². The second-order valence-electron chi connectivity index (χ2n) is 4.43. The topological polar surface area (TPSA) is 63.0 Å². The SMILES string of the molecule is Oc1c(Cl)cccc1CNc1cccnc1-n1cccn1. The van der Waals surface area contributed by atoms with Crippen LogP contribution >= 0.6 is 11.6 Å². The van der Waals surface area contributed by atoms with Crippen LogP contribution in [-0.4, -0.2) is 19.9 Å². The maximum Gasteiger partial charge on any atom is 0.176 e. The molecule has 21 heavy (non-hydrogen) atoms. The van der Waals surface area contributed by atoms with Crippen LogP contribution in [0.4, 0.5) is 5.69 Å². The highest BCUT2D eigenvalue weighted by molar-refractivity contribution is 6.32. The van der Waals surface area contributed by atoms with Gasteiger partial charge in [-0.3, -0.25) is 0 Å². The highest BCUT2D eigenvalue weighted by Crippen LogP contribution is 2.28. The molecule has 0 spiro atoms. The minimum absolute atomic E-state index is 0.0937. The number of aromatic hydroxyl groups is 1. The molecular formula is C15H13ClN4O. The molecule has 2 heterocycles. The van der Waals surface area contributed by atoms with Gasteiger partial charge in [0.05, 0.1) is 10.7 Å². The fraction of sp³-hybridized carbons (Fsp3) is 0.0667. The molecule has 1 aromatic carbocycles. The third-order valence-electron chi connectivity index (χ3n) is 3.05. The van der Waals surface area contributed by atoms with Crippen molar-refractivity contribution < 1.29 is 5.11 Å². The molecule has 0 saturated carbocycles. The number of hydrogen-bond donors (Lipinski definition) is 2. The van der Waals surface area contributed by atoms with E-state index >= 15 is 0 Å². The lowest BCUT2D eigenvalue weighted by atomic mass is 10.2. The van der Waals surface area contributed by atoms with Crippen molar-refractivity contribution in [1.82, 2.24) is 14.8 Å². The van der Waals surface area contributed by atoms with Crippen molar-refractivity contribution in [2.75, 3.05) is 5.32 Å². The van der Waals surface area contributed by atoms with Crippen molar-refractivity contribution in [3.8, 4) is 11.6 Å². The number of nitrogens with zero attached hydrogens (tertiary/aromatic N) is 3. The standard InChI is InChI=1S/C15H13ClN4O/c16-12-5-1-4-11(14(12)21)10-18-13-6-2-7-17-15(13)20-9-3-8-19-20/h1-9,18,21H,10H2. The number of pyridine rings is 1. The quantitative estimate of drug-likeness (QED) is 0.776. The molecule has 0 radical (unpaired) electrons. The van der Waals surface area contributed by atoms with Gasteiger partial charge in [-0.05, 0) is 24.3 Å². The largest absolute Gasteiger partial charge is 0.506 e. The fourth-order valence-electron chi connectivity index (χ4n) is 2.00. The molecule has 0 amide bonds. The lowest BCUT2D eigenvalue weighted by Crippen LogP contribution is -2.06. The van der Waals surface area contributed by atoms with Crippen molar-refractivity contribution >= 4 is 17.3 Å². The van der Waals surface area contributed by atoms with Crippen LogP contribution in [0.5, 0.6) is 5.75 Å². The van der Waals surface area contributed by atoms with Gasteiger partial charge in [0.15, 0.2) is 5.82 Å². The minimum atomic E-state index is 0.0937. The lowest BCUT2D eigenvalue weighted by molar-refractivity contribution is 0.469. The maximum absolute atomic E-state index is 9.92. The molecule has 5 nitrogen and oxygen atoms in total. The van der Waals surface area contributed by atoms with Crippen LogP contribution in [0, 0.1) is 0 Å². The summed E-state index contributed by atoms with van der Waals surface area (Å²) in [6, 6.07) is 10.9. The minimum Gasteiger partial charge on any atom is -0.506 e. The Morgan fingerprint density at radius 1 is 1.14 bits per heavy atom. The Morgan fingerprint density at radius 2 is 2.05 bits per heavy atom. The van der Waals surface area contributed by atoms with Crippen LogP contribution in [-0.2, 0) is 6.54 Å². The number of para-hydroxylation sites is 1. The van der Waals surface area contributed by atoms with Gasteiger partial charge in [-0.15, -0.1) is 0 Å². The van der Waals surface area contributed by atoms with E-state index < -0.39 is 0 Å². The van der Waals surface area contributed by atoms with E-state index in [-0.39, 0.29) is 5.75 Å². The average molecular weight is 301 g/mol. The zero-order chi connectivity index (χ0) is 14.7. The number of aromatic nitrogens is 3. The van der Waals surface area contributed by atoms with Crippen molar-refractivity contribution in [1.29, 1.82) is 0 Å². The van der Waals surface area contributed by atoms with Crippen LogP contribution in [0.1, 0.15) is 5.56 Å². The van der Waals surface area contributed by atoms with Crippen LogP contribution in [0.25, 0.3) is 5.82 Å². The van der Waals surface area contributed by atoms with E-state index in [1.165, 1.54) is 0 Å². The van der Waals surface area contributed by atoms with E-state index in [4.69, 9.17) is 11.6 Å². The Balaban J connectivity index is 1.85. The molecule has 0 atom stereocenters. The number of phenolic OH excluding ortho intramolecular Hbond substituents is 1. The second-order valence-corrected chi connectivity index (χ2v) is 4.83. The van der Waals surface area contributed by atoms with Crippen molar-refractivity contribution in [3.05, 3.63) is 65.6 Å². The number of halogens is 1. The number of hydrogen-bond acceptors (Lipinski definition) is 4. The third kappa shape index (κ3) is 2.83. The number of benzene rings is 1. The van der Waals surface area contributed by atoms with E-state index in [1.54, 1.807) is 29.2 Å². The van der Waals surface area contributed by atoms with Gasteiger partial charge in [-0.1, -0.05) is 23.7 Å². The van der Waals surface area contributed by atoms with E-state index in [0.29, 0.717) is 17.4 Å². The predicted octanol–water partition coefficient (Wildman–Crippen LogP) is 3.24. The van der Waals surface area contributed by atoms with Gasteiger partial charge < -0.3 is 10.4 Å². The van der Waals surface area contributed by atoms with Gasteiger partial charge in [0.25, 0.3) is 0 Å². The van der Waals surface area contributed by atoms with Gasteiger partial charge in [0, 0.05) is 30.7 Å². The Hall–Kier alpha value is -2.53. The lowest BCUT2D eigenvalue weighted by Gasteiger charge is -2.12. The summed E-state index contributed by atoms with van der Waals surface area (Å²) >= 11 is 5.90. The van der Waals surface area contributed by atoms with Crippen LogP contribution in [0.3, 0.4) is 0 Å². The van der Waals surface area contributed by atoms with Gasteiger partial charge in [-0.25, -0.2) is 9.67 Å². The summed E-state index contributed by atoms with van der Waals surface area (Å²) in [6.07, 6.45) is 5.23. The van der Waals surface area contributed by atoms with Crippen LogP contribution < -0.4 is 5.32 Å². The number of nitrogens with one attached hydrogen (secondary N) is 1. The predicted molar refractivity (Wildman–Crippen MR) is 81.8 cm³/mol. The average Bonchev–Trinajstić information content (AvgIpc) is 3.03. The van der Waals surface area contributed by atoms with E-state index in [2.05, 4.69) is 15.4 Å². The monoisotopic (exact) mass is 300 g/mol. The van der Waals surface area contributed by atoms with Crippen molar-refractivity contribution in [2.24, 2.45) is 0 Å². The van der Waals surface area contributed by atoms with Gasteiger partial charge in [0.2, 0.25) is 0 Å². The Kier molecular flexibility index (Phi) is 3.75. The summed E-state index contributed by atoms with van der Waals surface area (Å²) in [5, 5.41) is 17.7. The zero-order valence-electron chi connectivity index (χ0n) is 11.1. The highest BCUT2D eigenvalue weighted by atomic mass is 35.5. The molecule has 0 aliphatic heterocycles. The van der Waals surface area contributed by atoms with Gasteiger partial charge >= 0.3 is 0 Å². The first-order valence-electron chi connectivity index (χ1n) is 6.41. The normalized spacial score (nSPS) is 10.5. The maximum atomic E-state index is 9.92. The number of anilines is 1. The molecule has 106 valence electrons. The Morgan fingerprint density at radius 3 is 2.86 bits per heavy atom. The molecule has 6 heteroatoms. The van der Waals surface area contributed by atoms with E-state index in [1.807, 2.05) is 30.5 Å². The second kappa shape index (κ2) is 5.85. The van der Waals surface area contributed by atoms with Gasteiger partial charge in [0.1, 0.15) is 5.75 Å². The van der Waals surface area contributed by atoms with E-state index in [0.717, 1.165) is 11.3 Å².